The van der Waals surface area contributed by atoms with E-state index in [0.29, 0.717) is 5.56 Å². The molecular weight excluding hydrogens is 184 g/mol. The van der Waals surface area contributed by atoms with Crippen molar-refractivity contribution in [3.63, 3.8) is 0 Å². The lowest BCUT2D eigenvalue weighted by Crippen LogP contribution is -2.13. The van der Waals surface area contributed by atoms with Gasteiger partial charge in [0.25, 0.3) is 0 Å². The van der Waals surface area contributed by atoms with E-state index in [4.69, 9.17) is 0 Å². The highest BCUT2D eigenvalue weighted by molar-refractivity contribution is 5.76. The second-order valence-electron chi connectivity index (χ2n) is 3.03. The summed E-state index contributed by atoms with van der Waals surface area (Å²) < 4.78 is 4.38. The Hall–Kier alpha value is -1.55. The Morgan fingerprint density at radius 2 is 2.07 bits per heavy atom. The molecule has 0 fully saturated rings. The summed E-state index contributed by atoms with van der Waals surface area (Å²) in [5, 5.41) is 18.7. The zero-order valence-corrected chi connectivity index (χ0v) is 8.02. The SMILES string of the molecule is COC(=O)C(O)c1cc(C)cc(O)c1. The summed E-state index contributed by atoms with van der Waals surface area (Å²) in [7, 11) is 1.20. The number of esters is 1. The topological polar surface area (TPSA) is 66.8 Å². The number of aliphatic hydroxyl groups excluding tert-OH is 1. The number of aromatic hydroxyl groups is 1. The van der Waals surface area contributed by atoms with E-state index in [-0.39, 0.29) is 5.75 Å². The second kappa shape index (κ2) is 4.11. The maximum atomic E-state index is 11.0. The van der Waals surface area contributed by atoms with Crippen LogP contribution in [0.3, 0.4) is 0 Å². The van der Waals surface area contributed by atoms with Gasteiger partial charge in [0.05, 0.1) is 7.11 Å². The highest BCUT2D eigenvalue weighted by atomic mass is 16.5. The van der Waals surface area contributed by atoms with E-state index in [9.17, 15) is 15.0 Å². The summed E-state index contributed by atoms with van der Waals surface area (Å²) in [6, 6.07) is 4.48. The Kier molecular flexibility index (Phi) is 3.09. The number of carbonyl (C=O) groups excluding carboxylic acids is 1. The van der Waals surface area contributed by atoms with Crippen molar-refractivity contribution in [2.75, 3.05) is 7.11 Å². The standard InChI is InChI=1S/C10H12O4/c1-6-3-7(5-8(11)4-6)9(12)10(13)14-2/h3-5,9,11-12H,1-2H3. The molecule has 1 aromatic carbocycles. The molecule has 0 aromatic heterocycles. The van der Waals surface area contributed by atoms with Crippen molar-refractivity contribution in [3.8, 4) is 5.75 Å². The lowest BCUT2D eigenvalue weighted by molar-refractivity contribution is -0.150. The van der Waals surface area contributed by atoms with Gasteiger partial charge in [-0.25, -0.2) is 4.79 Å². The number of methoxy groups -OCH3 is 1. The summed E-state index contributed by atoms with van der Waals surface area (Å²) in [6.45, 7) is 1.76. The lowest BCUT2D eigenvalue weighted by Gasteiger charge is -2.09. The van der Waals surface area contributed by atoms with E-state index in [1.807, 2.05) is 0 Å². The molecule has 14 heavy (non-hydrogen) atoms. The number of phenolic OH excluding ortho intramolecular Hbond substituents is 1. The molecule has 0 heterocycles. The molecule has 0 saturated carbocycles. The summed E-state index contributed by atoms with van der Waals surface area (Å²) >= 11 is 0. The number of benzene rings is 1. The number of phenols is 1. The van der Waals surface area contributed by atoms with Crippen LogP contribution in [0.2, 0.25) is 0 Å². The van der Waals surface area contributed by atoms with Crippen LogP contribution in [0.4, 0.5) is 0 Å². The average Bonchev–Trinajstić information content (AvgIpc) is 2.14. The normalized spacial score (nSPS) is 12.2. The fraction of sp³-hybridized carbons (Fsp3) is 0.300. The predicted octanol–water partition coefficient (Wildman–Crippen LogP) is 0.907. The number of aliphatic hydroxyl groups is 1. The van der Waals surface area contributed by atoms with Gasteiger partial charge in [0.1, 0.15) is 5.75 Å². The van der Waals surface area contributed by atoms with E-state index >= 15 is 0 Å². The van der Waals surface area contributed by atoms with Crippen LogP contribution in [0.1, 0.15) is 17.2 Å². The first-order valence-corrected chi connectivity index (χ1v) is 4.11. The molecule has 4 nitrogen and oxygen atoms in total. The molecule has 0 radical (unpaired) electrons. The van der Waals surface area contributed by atoms with Crippen molar-refractivity contribution < 1.29 is 19.7 Å². The molecule has 0 aliphatic carbocycles. The third kappa shape index (κ3) is 2.23. The smallest absolute Gasteiger partial charge is 0.339 e. The maximum Gasteiger partial charge on any atom is 0.339 e. The van der Waals surface area contributed by atoms with Crippen molar-refractivity contribution in [1.29, 1.82) is 0 Å². The van der Waals surface area contributed by atoms with Crippen LogP contribution in [0, 0.1) is 6.92 Å². The zero-order chi connectivity index (χ0) is 10.7. The molecule has 0 aliphatic heterocycles. The van der Waals surface area contributed by atoms with Crippen molar-refractivity contribution in [3.05, 3.63) is 29.3 Å². The number of ether oxygens (including phenoxy) is 1. The molecule has 0 spiro atoms. The van der Waals surface area contributed by atoms with Gasteiger partial charge in [-0.15, -0.1) is 0 Å². The van der Waals surface area contributed by atoms with Gasteiger partial charge in [-0.1, -0.05) is 6.07 Å². The predicted molar refractivity (Wildman–Crippen MR) is 49.8 cm³/mol. The molecule has 1 rings (SSSR count). The molecule has 1 aromatic rings. The van der Waals surface area contributed by atoms with Crippen LogP contribution in [0.25, 0.3) is 0 Å². The van der Waals surface area contributed by atoms with Gasteiger partial charge >= 0.3 is 5.97 Å². The van der Waals surface area contributed by atoms with Gasteiger partial charge in [0.15, 0.2) is 6.10 Å². The molecule has 0 bridgehead atoms. The average molecular weight is 196 g/mol. The molecule has 4 heteroatoms. The third-order valence-electron chi connectivity index (χ3n) is 1.82. The molecule has 1 atom stereocenters. The number of hydrogen-bond acceptors (Lipinski definition) is 4. The van der Waals surface area contributed by atoms with Crippen molar-refractivity contribution in [2.24, 2.45) is 0 Å². The highest BCUT2D eigenvalue weighted by Crippen LogP contribution is 2.21. The largest absolute Gasteiger partial charge is 0.508 e. The van der Waals surface area contributed by atoms with Gasteiger partial charge in [0.2, 0.25) is 0 Å². The summed E-state index contributed by atoms with van der Waals surface area (Å²) in [5.74, 6) is -0.724. The molecule has 1 unspecified atom stereocenters. The van der Waals surface area contributed by atoms with E-state index in [2.05, 4.69) is 4.74 Å². The molecule has 0 aliphatic rings. The quantitative estimate of drug-likeness (QED) is 0.690. The molecule has 0 amide bonds. The minimum Gasteiger partial charge on any atom is -0.508 e. The van der Waals surface area contributed by atoms with E-state index in [1.54, 1.807) is 13.0 Å². The van der Waals surface area contributed by atoms with Gasteiger partial charge < -0.3 is 14.9 Å². The summed E-state index contributed by atoms with van der Waals surface area (Å²) in [5.41, 5.74) is 1.09. The van der Waals surface area contributed by atoms with Crippen LogP contribution in [0.15, 0.2) is 18.2 Å². The first-order valence-electron chi connectivity index (χ1n) is 4.11. The van der Waals surface area contributed by atoms with E-state index in [0.717, 1.165) is 5.56 Å². The Morgan fingerprint density at radius 3 is 2.57 bits per heavy atom. The van der Waals surface area contributed by atoms with Gasteiger partial charge in [-0.3, -0.25) is 0 Å². The van der Waals surface area contributed by atoms with Gasteiger partial charge in [-0.05, 0) is 30.2 Å². The van der Waals surface area contributed by atoms with Gasteiger partial charge in [0, 0.05) is 0 Å². The Balaban J connectivity index is 3.00. The fourth-order valence-corrected chi connectivity index (χ4v) is 1.20. The summed E-state index contributed by atoms with van der Waals surface area (Å²) in [6.07, 6.45) is -1.34. The third-order valence-corrected chi connectivity index (χ3v) is 1.82. The highest BCUT2D eigenvalue weighted by Gasteiger charge is 2.18. The monoisotopic (exact) mass is 196 g/mol. The minimum absolute atomic E-state index is 0.0166. The molecular formula is C10H12O4. The Morgan fingerprint density at radius 1 is 1.43 bits per heavy atom. The van der Waals surface area contributed by atoms with E-state index < -0.39 is 12.1 Å². The van der Waals surface area contributed by atoms with Crippen LogP contribution in [-0.2, 0) is 9.53 Å². The molecule has 76 valence electrons. The van der Waals surface area contributed by atoms with Crippen LogP contribution < -0.4 is 0 Å². The molecule has 2 N–H and O–H groups in total. The minimum atomic E-state index is -1.34. The van der Waals surface area contributed by atoms with E-state index in [1.165, 1.54) is 19.2 Å². The van der Waals surface area contributed by atoms with Crippen molar-refractivity contribution in [1.82, 2.24) is 0 Å². The second-order valence-corrected chi connectivity index (χ2v) is 3.03. The van der Waals surface area contributed by atoms with Crippen LogP contribution in [0.5, 0.6) is 5.75 Å². The number of rotatable bonds is 2. The Labute approximate surface area is 81.8 Å². The molecule has 0 saturated heterocycles. The first kappa shape index (κ1) is 10.5. The number of aryl methyl sites for hydroxylation is 1. The maximum absolute atomic E-state index is 11.0. The van der Waals surface area contributed by atoms with Gasteiger partial charge in [-0.2, -0.15) is 0 Å². The van der Waals surface area contributed by atoms with Crippen molar-refractivity contribution >= 4 is 5.97 Å². The van der Waals surface area contributed by atoms with Crippen molar-refractivity contribution in [2.45, 2.75) is 13.0 Å². The number of hydrogen-bond donors (Lipinski definition) is 2. The Bertz CT molecular complexity index is 326. The first-order chi connectivity index (χ1) is 6.54. The van der Waals surface area contributed by atoms with Crippen LogP contribution >= 0.6 is 0 Å². The fourth-order valence-electron chi connectivity index (χ4n) is 1.20. The number of carbonyl (C=O) groups is 1. The zero-order valence-electron chi connectivity index (χ0n) is 8.02. The van der Waals surface area contributed by atoms with Crippen LogP contribution in [-0.4, -0.2) is 23.3 Å². The lowest BCUT2D eigenvalue weighted by atomic mass is 10.1. The summed E-state index contributed by atoms with van der Waals surface area (Å²) in [4.78, 5) is 11.0.